The minimum Gasteiger partial charge on any atom is -0.465 e. The average molecular weight is 429 g/mol. The first-order valence-electron chi connectivity index (χ1n) is 9.71. The predicted octanol–water partition coefficient (Wildman–Crippen LogP) is 2.45. The maximum atomic E-state index is 12.7. The number of carbonyl (C=O) groups excluding carboxylic acids is 2. The van der Waals surface area contributed by atoms with E-state index in [4.69, 9.17) is 4.74 Å². The SMILES string of the molecule is COC(=O)c1cccc(NC(=O)N2CC3CC2CC3NS(=O)(=O)c2ccccc2)c1. The number of nitrogens with one attached hydrogen (secondary N) is 2. The van der Waals surface area contributed by atoms with Crippen LogP contribution in [0.2, 0.25) is 0 Å². The van der Waals surface area contributed by atoms with Crippen LogP contribution in [0.25, 0.3) is 0 Å². The van der Waals surface area contributed by atoms with Crippen molar-refractivity contribution in [1.29, 1.82) is 0 Å². The number of ether oxygens (including phenoxy) is 1. The third-order valence-electron chi connectivity index (χ3n) is 5.70. The van der Waals surface area contributed by atoms with E-state index < -0.39 is 16.0 Å². The number of benzene rings is 2. The van der Waals surface area contributed by atoms with Gasteiger partial charge < -0.3 is 15.0 Å². The van der Waals surface area contributed by atoms with Crippen molar-refractivity contribution in [2.75, 3.05) is 19.0 Å². The van der Waals surface area contributed by atoms with Gasteiger partial charge in [-0.25, -0.2) is 22.7 Å². The first kappa shape index (κ1) is 20.4. The second kappa shape index (κ2) is 8.08. The van der Waals surface area contributed by atoms with E-state index in [0.717, 1.165) is 6.42 Å². The van der Waals surface area contributed by atoms with Crippen molar-refractivity contribution >= 4 is 27.7 Å². The topological polar surface area (TPSA) is 105 Å². The predicted molar refractivity (Wildman–Crippen MR) is 111 cm³/mol. The lowest BCUT2D eigenvalue weighted by molar-refractivity contribution is 0.0600. The Morgan fingerprint density at radius 1 is 1.07 bits per heavy atom. The Kier molecular flexibility index (Phi) is 5.48. The largest absolute Gasteiger partial charge is 0.465 e. The van der Waals surface area contributed by atoms with Crippen LogP contribution < -0.4 is 10.0 Å². The molecule has 1 aliphatic carbocycles. The van der Waals surface area contributed by atoms with Gasteiger partial charge in [0.25, 0.3) is 0 Å². The minimum absolute atomic E-state index is 0.0257. The molecule has 2 amide bonds. The maximum absolute atomic E-state index is 12.7. The summed E-state index contributed by atoms with van der Waals surface area (Å²) in [6.45, 7) is 0.481. The van der Waals surface area contributed by atoms with Gasteiger partial charge in [-0.05, 0) is 49.1 Å². The molecule has 0 spiro atoms. The number of anilines is 1. The molecule has 1 saturated carbocycles. The summed E-state index contributed by atoms with van der Waals surface area (Å²) < 4.78 is 32.7. The van der Waals surface area contributed by atoms with Crippen molar-refractivity contribution < 1.29 is 22.7 Å². The van der Waals surface area contributed by atoms with Gasteiger partial charge in [0.05, 0.1) is 17.6 Å². The van der Waals surface area contributed by atoms with Gasteiger partial charge in [-0.3, -0.25) is 0 Å². The molecule has 0 aromatic heterocycles. The molecule has 9 heteroatoms. The molecule has 1 heterocycles. The van der Waals surface area contributed by atoms with Crippen LogP contribution >= 0.6 is 0 Å². The molecule has 3 atom stereocenters. The summed E-state index contributed by atoms with van der Waals surface area (Å²) in [7, 11) is -2.28. The first-order valence-corrected chi connectivity index (χ1v) is 11.2. The van der Waals surface area contributed by atoms with E-state index in [1.165, 1.54) is 7.11 Å². The zero-order valence-electron chi connectivity index (χ0n) is 16.4. The van der Waals surface area contributed by atoms with E-state index in [1.807, 2.05) is 0 Å². The van der Waals surface area contributed by atoms with E-state index in [-0.39, 0.29) is 28.9 Å². The van der Waals surface area contributed by atoms with Gasteiger partial charge in [0, 0.05) is 24.3 Å². The number of esters is 1. The standard InChI is InChI=1S/C21H23N3O5S/c1-29-20(25)14-6-5-7-16(10-14)22-21(26)24-13-15-11-17(24)12-19(15)23-30(27,28)18-8-3-2-4-9-18/h2-10,15,17,19,23H,11-13H2,1H3,(H,22,26). The Morgan fingerprint density at radius 3 is 2.50 bits per heavy atom. The molecule has 2 N–H and O–H groups in total. The van der Waals surface area contributed by atoms with Gasteiger partial charge in [0.15, 0.2) is 0 Å². The summed E-state index contributed by atoms with van der Waals surface area (Å²) in [6, 6.07) is 14.4. The molecule has 4 rings (SSSR count). The third kappa shape index (κ3) is 4.03. The molecule has 158 valence electrons. The Labute approximate surface area is 175 Å². The average Bonchev–Trinajstić information content (AvgIpc) is 3.34. The van der Waals surface area contributed by atoms with E-state index in [0.29, 0.717) is 24.2 Å². The molecule has 8 nitrogen and oxygen atoms in total. The number of urea groups is 1. The van der Waals surface area contributed by atoms with Gasteiger partial charge in [-0.15, -0.1) is 0 Å². The molecule has 2 aliphatic rings. The number of carbonyl (C=O) groups is 2. The highest BCUT2D eigenvalue weighted by molar-refractivity contribution is 7.89. The van der Waals surface area contributed by atoms with Gasteiger partial charge in [-0.2, -0.15) is 0 Å². The fourth-order valence-electron chi connectivity index (χ4n) is 4.25. The molecule has 1 aliphatic heterocycles. The molecule has 2 aromatic rings. The number of hydrogen-bond acceptors (Lipinski definition) is 5. The Bertz CT molecular complexity index is 1060. The number of rotatable bonds is 5. The van der Waals surface area contributed by atoms with E-state index in [2.05, 4.69) is 10.0 Å². The van der Waals surface area contributed by atoms with Crippen LogP contribution in [0, 0.1) is 5.92 Å². The van der Waals surface area contributed by atoms with Crippen LogP contribution in [0.4, 0.5) is 10.5 Å². The summed E-state index contributed by atoms with van der Waals surface area (Å²) in [6.07, 6.45) is 1.34. The highest BCUT2D eigenvalue weighted by Crippen LogP contribution is 2.38. The summed E-state index contributed by atoms with van der Waals surface area (Å²) in [5, 5.41) is 2.82. The number of nitrogens with zero attached hydrogens (tertiary/aromatic N) is 1. The van der Waals surface area contributed by atoms with Crippen LogP contribution in [0.3, 0.4) is 0 Å². The Hall–Kier alpha value is -2.91. The molecular formula is C21H23N3O5S. The number of hydrogen-bond donors (Lipinski definition) is 2. The van der Waals surface area contributed by atoms with E-state index >= 15 is 0 Å². The number of methoxy groups -OCH3 is 1. The zero-order valence-corrected chi connectivity index (χ0v) is 17.3. The Balaban J connectivity index is 1.38. The molecule has 2 aromatic carbocycles. The van der Waals surface area contributed by atoms with Gasteiger partial charge in [0.1, 0.15) is 0 Å². The molecule has 3 unspecified atom stereocenters. The van der Waals surface area contributed by atoms with Gasteiger partial charge in [-0.1, -0.05) is 24.3 Å². The lowest BCUT2D eigenvalue weighted by atomic mass is 10.0. The lowest BCUT2D eigenvalue weighted by Gasteiger charge is -2.31. The molecule has 2 bridgehead atoms. The molecule has 1 saturated heterocycles. The molecular weight excluding hydrogens is 406 g/mol. The Morgan fingerprint density at radius 2 is 1.83 bits per heavy atom. The van der Waals surface area contributed by atoms with Crippen molar-refractivity contribution in [3.8, 4) is 0 Å². The molecule has 0 radical (unpaired) electrons. The number of likely N-dealkylation sites (tertiary alicyclic amines) is 1. The number of fused-ring (bicyclic) bond motifs is 2. The van der Waals surface area contributed by atoms with E-state index in [1.54, 1.807) is 59.5 Å². The van der Waals surface area contributed by atoms with Crippen molar-refractivity contribution in [1.82, 2.24) is 9.62 Å². The second-order valence-electron chi connectivity index (χ2n) is 7.58. The van der Waals surface area contributed by atoms with Crippen molar-refractivity contribution in [3.05, 3.63) is 60.2 Å². The first-order chi connectivity index (χ1) is 14.4. The summed E-state index contributed by atoms with van der Waals surface area (Å²) in [5.41, 5.74) is 0.862. The summed E-state index contributed by atoms with van der Waals surface area (Å²) >= 11 is 0. The van der Waals surface area contributed by atoms with Crippen LogP contribution in [-0.2, 0) is 14.8 Å². The van der Waals surface area contributed by atoms with E-state index in [9.17, 15) is 18.0 Å². The monoisotopic (exact) mass is 429 g/mol. The van der Waals surface area contributed by atoms with Crippen molar-refractivity contribution in [3.63, 3.8) is 0 Å². The van der Waals surface area contributed by atoms with Crippen LogP contribution in [-0.4, -0.2) is 51.1 Å². The van der Waals surface area contributed by atoms with Crippen LogP contribution in [0.1, 0.15) is 23.2 Å². The quantitative estimate of drug-likeness (QED) is 0.711. The van der Waals surface area contributed by atoms with Crippen molar-refractivity contribution in [2.24, 2.45) is 5.92 Å². The molecule has 30 heavy (non-hydrogen) atoms. The van der Waals surface area contributed by atoms with Crippen LogP contribution in [0.15, 0.2) is 59.5 Å². The maximum Gasteiger partial charge on any atom is 0.337 e. The lowest BCUT2D eigenvalue weighted by Crippen LogP contribution is -2.48. The van der Waals surface area contributed by atoms with Crippen LogP contribution in [0.5, 0.6) is 0 Å². The number of piperidine rings is 1. The van der Waals surface area contributed by atoms with Gasteiger partial charge in [0.2, 0.25) is 10.0 Å². The fraction of sp³-hybridized carbons (Fsp3) is 0.333. The highest BCUT2D eigenvalue weighted by atomic mass is 32.2. The third-order valence-corrected chi connectivity index (χ3v) is 7.20. The van der Waals surface area contributed by atoms with Crippen molar-refractivity contribution in [2.45, 2.75) is 29.8 Å². The summed E-state index contributed by atoms with van der Waals surface area (Å²) in [4.78, 5) is 26.4. The normalized spacial score (nSPS) is 22.7. The smallest absolute Gasteiger partial charge is 0.337 e. The highest BCUT2D eigenvalue weighted by Gasteiger charge is 2.47. The second-order valence-corrected chi connectivity index (χ2v) is 9.30. The summed E-state index contributed by atoms with van der Waals surface area (Å²) in [5.74, 6) is -0.402. The molecule has 2 fully saturated rings. The fourth-order valence-corrected chi connectivity index (χ4v) is 5.59. The zero-order chi connectivity index (χ0) is 21.3. The number of amides is 2. The number of sulfonamides is 1. The van der Waals surface area contributed by atoms with Gasteiger partial charge >= 0.3 is 12.0 Å². The minimum atomic E-state index is -3.58.